The maximum atomic E-state index is 13.7. The minimum absolute atomic E-state index is 0.0959. The monoisotopic (exact) mass is 311 g/mol. The van der Waals surface area contributed by atoms with Crippen LogP contribution in [0, 0.1) is 11.6 Å². The lowest BCUT2D eigenvalue weighted by molar-refractivity contribution is 0.0939. The summed E-state index contributed by atoms with van der Waals surface area (Å²) in [6, 6.07) is 3.92. The summed E-state index contributed by atoms with van der Waals surface area (Å²) in [5.41, 5.74) is 5.64. The van der Waals surface area contributed by atoms with Gasteiger partial charge in [-0.1, -0.05) is 17.7 Å². The molecule has 1 aromatic heterocycles. The van der Waals surface area contributed by atoms with Crippen LogP contribution >= 0.6 is 11.6 Å². The van der Waals surface area contributed by atoms with Gasteiger partial charge in [0, 0.05) is 5.56 Å². The molecule has 2 rings (SSSR count). The molecule has 1 heterocycles. The molecule has 0 radical (unpaired) electrons. The van der Waals surface area contributed by atoms with Crippen molar-refractivity contribution in [2.45, 2.75) is 13.0 Å². The molecule has 2 aromatic rings. The molecule has 7 heteroatoms. The zero-order chi connectivity index (χ0) is 15.6. The number of carbonyl (C=O) groups excluding carboxylic acids is 1. The van der Waals surface area contributed by atoms with Gasteiger partial charge in [0.15, 0.2) is 0 Å². The van der Waals surface area contributed by atoms with Crippen LogP contribution in [0.2, 0.25) is 5.15 Å². The predicted molar refractivity (Wildman–Crippen MR) is 75.9 cm³/mol. The van der Waals surface area contributed by atoms with E-state index in [1.54, 1.807) is 0 Å². The molecule has 0 saturated carbocycles. The maximum Gasteiger partial charge on any atom is 0.254 e. The summed E-state index contributed by atoms with van der Waals surface area (Å²) in [5, 5.41) is 2.57. The number of nitrogen functional groups attached to an aromatic ring is 1. The second kappa shape index (κ2) is 6.05. The number of amides is 1. The van der Waals surface area contributed by atoms with E-state index in [0.29, 0.717) is 0 Å². The van der Waals surface area contributed by atoms with Crippen molar-refractivity contribution in [1.29, 1.82) is 0 Å². The first kappa shape index (κ1) is 15.2. The predicted octanol–water partition coefficient (Wildman–Crippen LogP) is 3.09. The van der Waals surface area contributed by atoms with E-state index in [1.165, 1.54) is 25.3 Å². The van der Waals surface area contributed by atoms with Crippen LogP contribution in [-0.4, -0.2) is 10.9 Å². The van der Waals surface area contributed by atoms with Crippen molar-refractivity contribution in [3.05, 3.63) is 58.4 Å². The molecule has 1 unspecified atom stereocenters. The molecule has 0 aliphatic rings. The molecule has 0 saturated heterocycles. The van der Waals surface area contributed by atoms with Crippen LogP contribution in [0.4, 0.5) is 14.5 Å². The van der Waals surface area contributed by atoms with Gasteiger partial charge in [0.1, 0.15) is 16.8 Å². The molecule has 1 atom stereocenters. The first-order valence-electron chi connectivity index (χ1n) is 6.06. The van der Waals surface area contributed by atoms with Gasteiger partial charge in [-0.05, 0) is 25.1 Å². The Bertz CT molecular complexity index is 674. The Kier molecular flexibility index (Phi) is 4.37. The first-order chi connectivity index (χ1) is 9.90. The van der Waals surface area contributed by atoms with Crippen molar-refractivity contribution in [1.82, 2.24) is 10.3 Å². The summed E-state index contributed by atoms with van der Waals surface area (Å²) in [5.74, 6) is -2.06. The second-order valence-electron chi connectivity index (χ2n) is 4.42. The van der Waals surface area contributed by atoms with Crippen LogP contribution in [0.5, 0.6) is 0 Å². The summed E-state index contributed by atoms with van der Waals surface area (Å²) in [6.45, 7) is 1.47. The first-order valence-corrected chi connectivity index (χ1v) is 6.43. The molecule has 21 heavy (non-hydrogen) atoms. The molecule has 0 aliphatic heterocycles. The zero-order valence-electron chi connectivity index (χ0n) is 11.0. The molecule has 3 N–H and O–H groups in total. The number of benzene rings is 1. The van der Waals surface area contributed by atoms with Crippen LogP contribution in [0.15, 0.2) is 30.5 Å². The van der Waals surface area contributed by atoms with Crippen LogP contribution in [0.1, 0.15) is 28.9 Å². The molecule has 110 valence electrons. The van der Waals surface area contributed by atoms with Crippen molar-refractivity contribution >= 4 is 23.2 Å². The van der Waals surface area contributed by atoms with E-state index in [0.717, 1.165) is 12.1 Å². The van der Waals surface area contributed by atoms with Gasteiger partial charge in [-0.3, -0.25) is 4.79 Å². The lowest BCUT2D eigenvalue weighted by Crippen LogP contribution is -2.28. The van der Waals surface area contributed by atoms with Crippen molar-refractivity contribution in [2.75, 3.05) is 5.73 Å². The third-order valence-electron chi connectivity index (χ3n) is 2.93. The highest BCUT2D eigenvalue weighted by molar-refractivity contribution is 6.29. The Morgan fingerprint density at radius 3 is 2.62 bits per heavy atom. The maximum absolute atomic E-state index is 13.7. The quantitative estimate of drug-likeness (QED) is 0.856. The molecule has 1 aromatic carbocycles. The van der Waals surface area contributed by atoms with Crippen molar-refractivity contribution in [2.24, 2.45) is 0 Å². The average molecular weight is 312 g/mol. The fourth-order valence-electron chi connectivity index (χ4n) is 1.91. The van der Waals surface area contributed by atoms with Gasteiger partial charge in [0.05, 0.1) is 23.5 Å². The highest BCUT2D eigenvalue weighted by Gasteiger charge is 2.20. The highest BCUT2D eigenvalue weighted by Crippen LogP contribution is 2.22. The minimum atomic E-state index is -0.870. The average Bonchev–Trinajstić information content (AvgIpc) is 2.41. The number of nitrogens with one attached hydrogen (secondary N) is 1. The SMILES string of the molecule is CC(NC(=O)c1cc(Cl)ncc1N)c1c(F)cccc1F. The fourth-order valence-corrected chi connectivity index (χ4v) is 2.07. The smallest absolute Gasteiger partial charge is 0.254 e. The number of nitrogens with zero attached hydrogens (tertiary/aromatic N) is 1. The Morgan fingerprint density at radius 2 is 2.00 bits per heavy atom. The minimum Gasteiger partial charge on any atom is -0.397 e. The van der Waals surface area contributed by atoms with E-state index in [2.05, 4.69) is 10.3 Å². The number of aromatic nitrogens is 1. The third kappa shape index (κ3) is 3.28. The summed E-state index contributed by atoms with van der Waals surface area (Å²) in [7, 11) is 0. The van der Waals surface area contributed by atoms with E-state index in [-0.39, 0.29) is 22.0 Å². The van der Waals surface area contributed by atoms with Gasteiger partial charge in [0.2, 0.25) is 0 Å². The third-order valence-corrected chi connectivity index (χ3v) is 3.13. The van der Waals surface area contributed by atoms with E-state index in [4.69, 9.17) is 17.3 Å². The lowest BCUT2D eigenvalue weighted by atomic mass is 10.1. The number of carbonyl (C=O) groups is 1. The molecule has 0 fully saturated rings. The van der Waals surface area contributed by atoms with Gasteiger partial charge in [-0.15, -0.1) is 0 Å². The normalized spacial score (nSPS) is 12.0. The number of hydrogen-bond acceptors (Lipinski definition) is 3. The molecular formula is C14H12ClF2N3O. The Hall–Kier alpha value is -2.21. The molecule has 4 nitrogen and oxygen atoms in total. The topological polar surface area (TPSA) is 68.0 Å². The van der Waals surface area contributed by atoms with Crippen LogP contribution in [-0.2, 0) is 0 Å². The van der Waals surface area contributed by atoms with Crippen LogP contribution in [0.3, 0.4) is 0 Å². The molecule has 1 amide bonds. The van der Waals surface area contributed by atoms with Gasteiger partial charge in [-0.2, -0.15) is 0 Å². The zero-order valence-corrected chi connectivity index (χ0v) is 11.8. The van der Waals surface area contributed by atoms with Crippen molar-refractivity contribution in [3.8, 4) is 0 Å². The number of rotatable bonds is 3. The largest absolute Gasteiger partial charge is 0.397 e. The van der Waals surface area contributed by atoms with Crippen LogP contribution < -0.4 is 11.1 Å². The van der Waals surface area contributed by atoms with E-state index in [9.17, 15) is 13.6 Å². The lowest BCUT2D eigenvalue weighted by Gasteiger charge is -2.16. The Labute approximate surface area is 124 Å². The van der Waals surface area contributed by atoms with Gasteiger partial charge >= 0.3 is 0 Å². The number of anilines is 1. The Morgan fingerprint density at radius 1 is 1.38 bits per heavy atom. The molecular weight excluding hydrogens is 300 g/mol. The highest BCUT2D eigenvalue weighted by atomic mass is 35.5. The molecule has 0 spiro atoms. The van der Waals surface area contributed by atoms with E-state index in [1.807, 2.05) is 0 Å². The molecule has 0 aliphatic carbocycles. The second-order valence-corrected chi connectivity index (χ2v) is 4.81. The van der Waals surface area contributed by atoms with Crippen LogP contribution in [0.25, 0.3) is 0 Å². The number of hydrogen-bond donors (Lipinski definition) is 2. The summed E-state index contributed by atoms with van der Waals surface area (Å²) >= 11 is 5.70. The number of halogens is 3. The van der Waals surface area contributed by atoms with E-state index < -0.39 is 23.6 Å². The van der Waals surface area contributed by atoms with Crippen molar-refractivity contribution < 1.29 is 13.6 Å². The summed E-state index contributed by atoms with van der Waals surface area (Å²) in [4.78, 5) is 15.8. The van der Waals surface area contributed by atoms with Gasteiger partial charge in [-0.25, -0.2) is 13.8 Å². The van der Waals surface area contributed by atoms with E-state index >= 15 is 0 Å². The van der Waals surface area contributed by atoms with Crippen molar-refractivity contribution in [3.63, 3.8) is 0 Å². The van der Waals surface area contributed by atoms with Gasteiger partial charge in [0.25, 0.3) is 5.91 Å². The Balaban J connectivity index is 2.25. The molecule has 0 bridgehead atoms. The summed E-state index contributed by atoms with van der Waals surface area (Å²) in [6.07, 6.45) is 1.24. The fraction of sp³-hybridized carbons (Fsp3) is 0.143. The standard InChI is InChI=1S/C14H12ClF2N3O/c1-7(13-9(16)3-2-4-10(13)17)20-14(21)8-5-12(15)19-6-11(8)18/h2-7H,18H2,1H3,(H,20,21). The summed E-state index contributed by atoms with van der Waals surface area (Å²) < 4.78 is 27.3. The van der Waals surface area contributed by atoms with Gasteiger partial charge < -0.3 is 11.1 Å². The number of pyridine rings is 1. The number of nitrogens with two attached hydrogens (primary N) is 1.